The van der Waals surface area contributed by atoms with Gasteiger partial charge in [-0.3, -0.25) is 18.7 Å². The van der Waals surface area contributed by atoms with Gasteiger partial charge in [0.05, 0.1) is 24.7 Å². The molecule has 0 aliphatic carbocycles. The minimum absolute atomic E-state index is 0.0466. The maximum atomic E-state index is 12.2. The molecule has 13 heteroatoms. The molecule has 2 aromatic rings. The number of aryl methyl sites for hydroxylation is 2. The Bertz CT molecular complexity index is 1250. The van der Waals surface area contributed by atoms with Crippen molar-refractivity contribution in [2.75, 3.05) is 51.9 Å². The minimum Gasteiger partial charge on any atom is -0.378 e. The van der Waals surface area contributed by atoms with Crippen molar-refractivity contribution in [2.45, 2.75) is 12.8 Å². The van der Waals surface area contributed by atoms with Gasteiger partial charge in [0.2, 0.25) is 0 Å². The normalized spacial score (nSPS) is 13.9. The van der Waals surface area contributed by atoms with Crippen molar-refractivity contribution in [3.63, 3.8) is 0 Å². The van der Waals surface area contributed by atoms with Crippen LogP contribution in [0.25, 0.3) is 0 Å². The summed E-state index contributed by atoms with van der Waals surface area (Å²) in [5.74, 6) is -0.779. The first kappa shape index (κ1) is 30.4. The number of hydrogen-bond acceptors (Lipinski definition) is 7. The summed E-state index contributed by atoms with van der Waals surface area (Å²) in [5, 5.41) is 0. The van der Waals surface area contributed by atoms with Crippen molar-refractivity contribution >= 4 is 32.1 Å². The van der Waals surface area contributed by atoms with E-state index in [1.807, 2.05) is 0 Å². The van der Waals surface area contributed by atoms with Crippen molar-refractivity contribution in [3.8, 4) is 0 Å². The Morgan fingerprint density at radius 2 is 1.19 bits per heavy atom. The van der Waals surface area contributed by atoms with E-state index < -0.39 is 20.2 Å². The van der Waals surface area contributed by atoms with Gasteiger partial charge in [-0.25, -0.2) is 0 Å². The average molecular weight is 557 g/mol. The van der Waals surface area contributed by atoms with Gasteiger partial charge in [0, 0.05) is 38.3 Å². The van der Waals surface area contributed by atoms with Gasteiger partial charge in [-0.05, 0) is 48.2 Å². The number of hydrogen-bond donors (Lipinski definition) is 2. The fraction of sp³-hybridized carbons (Fsp3) is 0.417. The van der Waals surface area contributed by atoms with Crippen LogP contribution in [-0.4, -0.2) is 99.5 Å². The topological polar surface area (TPSA) is 159 Å². The van der Waals surface area contributed by atoms with Crippen molar-refractivity contribution in [1.82, 2.24) is 9.80 Å². The molecule has 0 radical (unpaired) electrons. The van der Waals surface area contributed by atoms with Crippen LogP contribution in [0.1, 0.15) is 31.8 Å². The van der Waals surface area contributed by atoms with Crippen LogP contribution >= 0.6 is 0 Å². The monoisotopic (exact) mass is 556 g/mol. The highest BCUT2D eigenvalue weighted by Gasteiger charge is 2.18. The smallest absolute Gasteiger partial charge is 0.265 e. The zero-order valence-electron chi connectivity index (χ0n) is 20.7. The Balaban J connectivity index is 0.000000264. The third-order valence-electron chi connectivity index (χ3n) is 5.40. The van der Waals surface area contributed by atoms with Crippen LogP contribution in [0.15, 0.2) is 48.5 Å². The molecule has 2 amide bonds. The van der Waals surface area contributed by atoms with Crippen molar-refractivity contribution in [2.24, 2.45) is 0 Å². The number of morpholine rings is 1. The van der Waals surface area contributed by atoms with Crippen LogP contribution < -0.4 is 0 Å². The van der Waals surface area contributed by atoms with Crippen LogP contribution in [0.5, 0.6) is 0 Å². The molecule has 1 aliphatic rings. The molecule has 3 rings (SSSR count). The fourth-order valence-electron chi connectivity index (χ4n) is 3.33. The number of carbonyl (C=O) groups excluding carboxylic acids is 2. The van der Waals surface area contributed by atoms with Gasteiger partial charge in [0.1, 0.15) is 0 Å². The van der Waals surface area contributed by atoms with E-state index in [0.717, 1.165) is 11.1 Å². The molecule has 0 bridgehead atoms. The molecular formula is C24H32N2O9S2. The first-order chi connectivity index (χ1) is 17.2. The summed E-state index contributed by atoms with van der Waals surface area (Å²) in [7, 11) is -4.57. The molecule has 1 saturated heterocycles. The summed E-state index contributed by atoms with van der Waals surface area (Å²) in [6.07, 6.45) is 0.458. The second kappa shape index (κ2) is 13.6. The molecule has 37 heavy (non-hydrogen) atoms. The zero-order chi connectivity index (χ0) is 27.6. The van der Waals surface area contributed by atoms with Gasteiger partial charge in [-0.1, -0.05) is 24.3 Å². The van der Waals surface area contributed by atoms with Crippen LogP contribution in [-0.2, 0) is 37.8 Å². The van der Waals surface area contributed by atoms with Crippen LogP contribution in [0.3, 0.4) is 0 Å². The Labute approximate surface area is 217 Å². The molecule has 0 atom stereocenters. The summed E-state index contributed by atoms with van der Waals surface area (Å²) in [6, 6.07) is 13.4. The maximum Gasteiger partial charge on any atom is 0.265 e. The van der Waals surface area contributed by atoms with Gasteiger partial charge >= 0.3 is 0 Å². The maximum absolute atomic E-state index is 12.2. The summed E-state index contributed by atoms with van der Waals surface area (Å²) in [4.78, 5) is 26.9. The van der Waals surface area contributed by atoms with E-state index in [1.165, 1.54) is 4.90 Å². The SMILES string of the molecule is CN(C)C(=O)c1ccc(CCS(=O)(=O)O)cc1.O=C(c1ccc(CCS(=O)(=O)O)cc1)N1CCOCC1. The lowest BCUT2D eigenvalue weighted by Gasteiger charge is -2.26. The lowest BCUT2D eigenvalue weighted by atomic mass is 10.1. The van der Waals surface area contributed by atoms with Gasteiger partial charge in [-0.2, -0.15) is 16.8 Å². The fourth-order valence-corrected chi connectivity index (χ4v) is 4.32. The van der Waals surface area contributed by atoms with E-state index >= 15 is 0 Å². The number of carbonyl (C=O) groups is 2. The minimum atomic E-state index is -3.95. The predicted octanol–water partition coefficient (Wildman–Crippen LogP) is 1.41. The number of nitrogens with zero attached hydrogens (tertiary/aromatic N) is 2. The van der Waals surface area contributed by atoms with E-state index in [2.05, 4.69) is 0 Å². The van der Waals surface area contributed by atoms with Gasteiger partial charge < -0.3 is 14.5 Å². The number of ether oxygens (including phenoxy) is 1. The van der Waals surface area contributed by atoms with Crippen molar-refractivity contribution in [3.05, 3.63) is 70.8 Å². The molecule has 1 fully saturated rings. The molecule has 11 nitrogen and oxygen atoms in total. The third-order valence-corrected chi connectivity index (χ3v) is 6.84. The lowest BCUT2D eigenvalue weighted by molar-refractivity contribution is 0.0303. The highest BCUT2D eigenvalue weighted by atomic mass is 32.2. The van der Waals surface area contributed by atoms with E-state index in [0.29, 0.717) is 37.4 Å². The highest BCUT2D eigenvalue weighted by molar-refractivity contribution is 7.86. The summed E-state index contributed by atoms with van der Waals surface area (Å²) in [5.41, 5.74) is 2.65. The molecular weight excluding hydrogens is 524 g/mol. The summed E-state index contributed by atoms with van der Waals surface area (Å²) in [6.45, 7) is 2.28. The van der Waals surface area contributed by atoms with E-state index in [9.17, 15) is 26.4 Å². The quantitative estimate of drug-likeness (QED) is 0.459. The first-order valence-electron chi connectivity index (χ1n) is 11.4. The van der Waals surface area contributed by atoms with Crippen LogP contribution in [0.4, 0.5) is 0 Å². The summed E-state index contributed by atoms with van der Waals surface area (Å²) < 4.78 is 65.0. The molecule has 0 saturated carbocycles. The van der Waals surface area contributed by atoms with Crippen molar-refractivity contribution in [1.29, 1.82) is 0 Å². The molecule has 0 spiro atoms. The molecule has 2 aromatic carbocycles. The largest absolute Gasteiger partial charge is 0.378 e. The molecule has 0 unspecified atom stereocenters. The zero-order valence-corrected chi connectivity index (χ0v) is 22.4. The second-order valence-electron chi connectivity index (χ2n) is 8.57. The van der Waals surface area contributed by atoms with Gasteiger partial charge in [0.15, 0.2) is 0 Å². The van der Waals surface area contributed by atoms with Crippen molar-refractivity contribution < 1.29 is 40.3 Å². The Kier molecular flexibility index (Phi) is 11.2. The molecule has 0 aromatic heterocycles. The Hall–Kier alpha value is -2.84. The Morgan fingerprint density at radius 3 is 1.57 bits per heavy atom. The molecule has 1 aliphatic heterocycles. The lowest BCUT2D eigenvalue weighted by Crippen LogP contribution is -2.40. The Morgan fingerprint density at radius 1 is 0.784 bits per heavy atom. The predicted molar refractivity (Wildman–Crippen MR) is 138 cm³/mol. The molecule has 204 valence electrons. The standard InChI is InChI=1S/C13H17NO5S.C11H15NO4S/c15-13(14-6-8-19-9-7-14)12-3-1-11(2-4-12)5-10-20(16,17)18;1-12(2)11(13)10-5-3-9(4-6-10)7-8-17(14,15)16/h1-4H,5-10H2,(H,16,17,18);3-6H,7-8H2,1-2H3,(H,14,15,16). The number of amides is 2. The molecule has 2 N–H and O–H groups in total. The van der Waals surface area contributed by atoms with Crippen LogP contribution in [0.2, 0.25) is 0 Å². The summed E-state index contributed by atoms with van der Waals surface area (Å²) >= 11 is 0. The number of benzene rings is 2. The van der Waals surface area contributed by atoms with E-state index in [4.69, 9.17) is 13.8 Å². The van der Waals surface area contributed by atoms with Crippen LogP contribution in [0, 0.1) is 0 Å². The average Bonchev–Trinajstić information content (AvgIpc) is 2.86. The van der Waals surface area contributed by atoms with Gasteiger partial charge in [-0.15, -0.1) is 0 Å². The number of rotatable bonds is 8. The third kappa shape index (κ3) is 11.4. The van der Waals surface area contributed by atoms with Gasteiger partial charge in [0.25, 0.3) is 32.1 Å². The molecule has 1 heterocycles. The highest BCUT2D eigenvalue weighted by Crippen LogP contribution is 2.11. The first-order valence-corrected chi connectivity index (χ1v) is 14.6. The van der Waals surface area contributed by atoms with E-state index in [-0.39, 0.29) is 36.2 Å². The second-order valence-corrected chi connectivity index (χ2v) is 11.7. The van der Waals surface area contributed by atoms with E-state index in [1.54, 1.807) is 67.5 Å².